The van der Waals surface area contributed by atoms with E-state index in [1.54, 1.807) is 0 Å². The molecule has 2 rings (SSSR count). The Morgan fingerprint density at radius 1 is 1.40 bits per heavy atom. The largest absolute Gasteiger partial charge is 0.310 e. The topological polar surface area (TPSA) is 58.2 Å². The van der Waals surface area contributed by atoms with Gasteiger partial charge in [0.15, 0.2) is 0 Å². The zero-order valence-electron chi connectivity index (χ0n) is 11.4. The van der Waals surface area contributed by atoms with Crippen molar-refractivity contribution in [1.29, 1.82) is 0 Å². The number of halogens is 2. The van der Waals surface area contributed by atoms with Crippen LogP contribution in [0.15, 0.2) is 17.0 Å². The lowest BCUT2D eigenvalue weighted by molar-refractivity contribution is 0.570. The Bertz CT molecular complexity index is 601. The maximum absolute atomic E-state index is 13.8. The molecule has 0 saturated heterocycles. The first kappa shape index (κ1) is 15.7. The van der Waals surface area contributed by atoms with E-state index < -0.39 is 15.8 Å². The predicted molar refractivity (Wildman–Crippen MR) is 76.7 cm³/mol. The van der Waals surface area contributed by atoms with E-state index in [2.05, 4.69) is 10.0 Å². The highest BCUT2D eigenvalue weighted by molar-refractivity contribution is 7.89. The Morgan fingerprint density at radius 2 is 2.05 bits per heavy atom. The van der Waals surface area contributed by atoms with E-state index in [0.717, 1.165) is 18.9 Å². The Kier molecular flexibility index (Phi) is 4.69. The Balaban J connectivity index is 2.29. The van der Waals surface area contributed by atoms with Gasteiger partial charge in [0.05, 0.1) is 9.92 Å². The normalized spacial score (nSPS) is 15.8. The third kappa shape index (κ3) is 3.91. The van der Waals surface area contributed by atoms with Crippen LogP contribution in [-0.4, -0.2) is 20.5 Å². The fourth-order valence-electron chi connectivity index (χ4n) is 1.70. The molecule has 2 N–H and O–H groups in total. The molecule has 1 aromatic rings. The van der Waals surface area contributed by atoms with Crippen molar-refractivity contribution >= 4 is 21.6 Å². The van der Waals surface area contributed by atoms with E-state index >= 15 is 0 Å². The van der Waals surface area contributed by atoms with Crippen molar-refractivity contribution < 1.29 is 12.8 Å². The number of benzene rings is 1. The summed E-state index contributed by atoms with van der Waals surface area (Å²) in [6.45, 7) is 4.21. The molecule has 4 nitrogen and oxygen atoms in total. The minimum atomic E-state index is -3.67. The van der Waals surface area contributed by atoms with Crippen molar-refractivity contribution in [2.24, 2.45) is 0 Å². The highest BCUT2D eigenvalue weighted by atomic mass is 35.5. The minimum absolute atomic E-state index is 0.0176. The van der Waals surface area contributed by atoms with Crippen LogP contribution < -0.4 is 10.0 Å². The lowest BCUT2D eigenvalue weighted by Crippen LogP contribution is -2.26. The van der Waals surface area contributed by atoms with Gasteiger partial charge in [-0.05, 0) is 30.5 Å². The number of hydrogen-bond acceptors (Lipinski definition) is 3. The molecular formula is C13H18ClFN2O2S. The van der Waals surface area contributed by atoms with Crippen LogP contribution in [0.5, 0.6) is 0 Å². The first-order chi connectivity index (χ1) is 9.29. The summed E-state index contributed by atoms with van der Waals surface area (Å²) in [6.07, 6.45) is 1.66. The number of sulfonamides is 1. The third-order valence-electron chi connectivity index (χ3n) is 2.99. The molecular weight excluding hydrogens is 303 g/mol. The van der Waals surface area contributed by atoms with Crippen LogP contribution in [0.25, 0.3) is 0 Å². The first-order valence-electron chi connectivity index (χ1n) is 6.53. The van der Waals surface area contributed by atoms with Crippen LogP contribution >= 0.6 is 11.6 Å². The van der Waals surface area contributed by atoms with Crippen LogP contribution in [0, 0.1) is 5.82 Å². The Morgan fingerprint density at radius 3 is 2.60 bits per heavy atom. The molecule has 1 fully saturated rings. The number of rotatable bonds is 6. The quantitative estimate of drug-likeness (QED) is 0.846. The summed E-state index contributed by atoms with van der Waals surface area (Å²) in [5.74, 6) is -0.717. The lowest BCUT2D eigenvalue weighted by Gasteiger charge is -2.12. The fourth-order valence-corrected chi connectivity index (χ4v) is 3.25. The maximum atomic E-state index is 13.8. The van der Waals surface area contributed by atoms with Crippen molar-refractivity contribution in [1.82, 2.24) is 10.0 Å². The molecule has 0 aromatic heterocycles. The molecule has 0 unspecified atom stereocenters. The average molecular weight is 321 g/mol. The predicted octanol–water partition coefficient (Wildman–Crippen LogP) is 2.42. The number of hydrogen-bond donors (Lipinski definition) is 2. The van der Waals surface area contributed by atoms with Gasteiger partial charge in [0.1, 0.15) is 5.82 Å². The zero-order valence-corrected chi connectivity index (χ0v) is 13.0. The Hall–Kier alpha value is -0.690. The van der Waals surface area contributed by atoms with Gasteiger partial charge in [-0.2, -0.15) is 0 Å². The van der Waals surface area contributed by atoms with Crippen LogP contribution in [0.4, 0.5) is 4.39 Å². The molecule has 0 spiro atoms. The van der Waals surface area contributed by atoms with Gasteiger partial charge in [-0.3, -0.25) is 0 Å². The van der Waals surface area contributed by atoms with Crippen molar-refractivity contribution in [3.8, 4) is 0 Å². The zero-order chi connectivity index (χ0) is 14.9. The van der Waals surface area contributed by atoms with E-state index in [9.17, 15) is 12.8 Å². The summed E-state index contributed by atoms with van der Waals surface area (Å²) in [5.41, 5.74) is 0.441. The second-order valence-electron chi connectivity index (χ2n) is 5.31. The molecule has 1 aliphatic rings. The van der Waals surface area contributed by atoms with E-state index in [1.807, 2.05) is 13.8 Å². The van der Waals surface area contributed by atoms with Gasteiger partial charge in [0.2, 0.25) is 10.0 Å². The second kappa shape index (κ2) is 5.97. The molecule has 112 valence electrons. The molecule has 7 heteroatoms. The van der Waals surface area contributed by atoms with Gasteiger partial charge in [-0.1, -0.05) is 25.4 Å². The Labute approximate surface area is 123 Å². The molecule has 0 amide bonds. The molecule has 0 atom stereocenters. The van der Waals surface area contributed by atoms with Gasteiger partial charge >= 0.3 is 0 Å². The van der Waals surface area contributed by atoms with Crippen molar-refractivity contribution in [3.05, 3.63) is 28.5 Å². The lowest BCUT2D eigenvalue weighted by atomic mass is 10.2. The van der Waals surface area contributed by atoms with Crippen molar-refractivity contribution in [3.63, 3.8) is 0 Å². The molecule has 1 aromatic carbocycles. The average Bonchev–Trinajstić information content (AvgIpc) is 3.13. The van der Waals surface area contributed by atoms with Crippen LogP contribution in [-0.2, 0) is 16.6 Å². The smallest absolute Gasteiger partial charge is 0.240 e. The third-order valence-corrected chi connectivity index (χ3v) is 4.91. The SMILES string of the molecule is CC(C)NCc1cc(S(=O)(=O)NC2CC2)cc(F)c1Cl. The molecule has 0 heterocycles. The van der Waals surface area contributed by atoms with Gasteiger partial charge in [-0.15, -0.1) is 0 Å². The van der Waals surface area contributed by atoms with Crippen molar-refractivity contribution in [2.75, 3.05) is 0 Å². The van der Waals surface area contributed by atoms with Crippen LogP contribution in [0.1, 0.15) is 32.3 Å². The van der Waals surface area contributed by atoms with Gasteiger partial charge in [-0.25, -0.2) is 17.5 Å². The molecule has 0 bridgehead atoms. The summed E-state index contributed by atoms with van der Waals surface area (Å²) in [4.78, 5) is -0.0770. The van der Waals surface area contributed by atoms with Crippen molar-refractivity contribution in [2.45, 2.75) is 50.2 Å². The molecule has 0 aliphatic heterocycles. The van der Waals surface area contributed by atoms with E-state index in [-0.39, 0.29) is 22.0 Å². The molecule has 1 aliphatic carbocycles. The highest BCUT2D eigenvalue weighted by Crippen LogP contribution is 2.27. The van der Waals surface area contributed by atoms with Crippen LogP contribution in [0.3, 0.4) is 0 Å². The highest BCUT2D eigenvalue weighted by Gasteiger charge is 2.28. The summed E-state index contributed by atoms with van der Waals surface area (Å²) in [5, 5.41) is 3.06. The second-order valence-corrected chi connectivity index (χ2v) is 7.40. The van der Waals surface area contributed by atoms with Gasteiger partial charge in [0.25, 0.3) is 0 Å². The minimum Gasteiger partial charge on any atom is -0.310 e. The van der Waals surface area contributed by atoms with Gasteiger partial charge < -0.3 is 5.32 Å². The van der Waals surface area contributed by atoms with E-state index in [0.29, 0.717) is 12.1 Å². The van der Waals surface area contributed by atoms with E-state index in [4.69, 9.17) is 11.6 Å². The van der Waals surface area contributed by atoms with Gasteiger partial charge in [0, 0.05) is 18.6 Å². The first-order valence-corrected chi connectivity index (χ1v) is 8.39. The monoisotopic (exact) mass is 320 g/mol. The van der Waals surface area contributed by atoms with Crippen LogP contribution in [0.2, 0.25) is 5.02 Å². The van der Waals surface area contributed by atoms with E-state index in [1.165, 1.54) is 6.07 Å². The standard InChI is InChI=1S/C13H18ClFN2O2S/c1-8(2)16-7-9-5-11(6-12(15)13(9)14)20(18,19)17-10-3-4-10/h5-6,8,10,16-17H,3-4,7H2,1-2H3. The summed E-state index contributed by atoms with van der Waals surface area (Å²) in [7, 11) is -3.67. The number of nitrogens with one attached hydrogen (secondary N) is 2. The molecule has 0 radical (unpaired) electrons. The maximum Gasteiger partial charge on any atom is 0.240 e. The summed E-state index contributed by atoms with van der Waals surface area (Å²) >= 11 is 5.89. The summed E-state index contributed by atoms with van der Waals surface area (Å²) < 4.78 is 40.5. The fraction of sp³-hybridized carbons (Fsp3) is 0.538. The summed E-state index contributed by atoms with van der Waals surface area (Å²) in [6, 6.07) is 2.56. The molecule has 20 heavy (non-hydrogen) atoms. The molecule has 1 saturated carbocycles.